The van der Waals surface area contributed by atoms with E-state index in [9.17, 15) is 4.79 Å². The van der Waals surface area contributed by atoms with E-state index in [0.717, 1.165) is 5.39 Å². The van der Waals surface area contributed by atoms with Crippen LogP contribution in [-0.4, -0.2) is 18.2 Å². The number of hydrogen-bond acceptors (Lipinski definition) is 3. The van der Waals surface area contributed by atoms with Gasteiger partial charge in [0.15, 0.2) is 0 Å². The Labute approximate surface area is 92.4 Å². The Hall–Kier alpha value is -1.97. The Morgan fingerprint density at radius 1 is 1.50 bits per heavy atom. The number of ether oxygens (including phenoxy) is 1. The minimum atomic E-state index is -0.885. The van der Waals surface area contributed by atoms with Crippen LogP contribution in [0.3, 0.4) is 0 Å². The smallest absolute Gasteiger partial charge is 0.310 e. The molecule has 16 heavy (non-hydrogen) atoms. The lowest BCUT2D eigenvalue weighted by Crippen LogP contribution is -2.08. The first-order valence-corrected chi connectivity index (χ1v) is 4.91. The van der Waals surface area contributed by atoms with E-state index in [1.165, 1.54) is 7.11 Å². The molecule has 0 spiro atoms. The molecule has 4 nitrogen and oxygen atoms in total. The van der Waals surface area contributed by atoms with Crippen molar-refractivity contribution in [1.29, 1.82) is 0 Å². The van der Waals surface area contributed by atoms with Crippen molar-refractivity contribution in [3.8, 4) is 5.75 Å². The van der Waals surface area contributed by atoms with Gasteiger partial charge in [0.1, 0.15) is 11.3 Å². The van der Waals surface area contributed by atoms with Crippen LogP contribution >= 0.6 is 0 Å². The molecule has 1 heterocycles. The molecule has 0 aliphatic carbocycles. The lowest BCUT2D eigenvalue weighted by molar-refractivity contribution is -0.138. The van der Waals surface area contributed by atoms with Crippen LogP contribution in [0.1, 0.15) is 18.4 Å². The molecule has 4 heteroatoms. The fourth-order valence-electron chi connectivity index (χ4n) is 1.65. The minimum absolute atomic E-state index is 0.573. The van der Waals surface area contributed by atoms with E-state index in [1.807, 2.05) is 6.07 Å². The highest BCUT2D eigenvalue weighted by Gasteiger charge is 2.19. The molecule has 2 rings (SSSR count). The number of benzene rings is 1. The van der Waals surface area contributed by atoms with E-state index in [4.69, 9.17) is 14.3 Å². The van der Waals surface area contributed by atoms with Crippen molar-refractivity contribution in [3.63, 3.8) is 0 Å². The molecule has 0 amide bonds. The van der Waals surface area contributed by atoms with Crippen molar-refractivity contribution >= 4 is 16.9 Å². The number of aliphatic carboxylic acids is 1. The second kappa shape index (κ2) is 3.89. The third-order valence-corrected chi connectivity index (χ3v) is 2.64. The number of rotatable bonds is 3. The van der Waals surface area contributed by atoms with Crippen molar-refractivity contribution in [2.45, 2.75) is 12.8 Å². The van der Waals surface area contributed by atoms with Crippen LogP contribution in [0.4, 0.5) is 0 Å². The Balaban J connectivity index is 2.61. The zero-order valence-corrected chi connectivity index (χ0v) is 9.06. The van der Waals surface area contributed by atoms with Crippen molar-refractivity contribution < 1.29 is 19.1 Å². The predicted octanol–water partition coefficient (Wildman–Crippen LogP) is 2.63. The number of carboxylic acid groups (broad SMARTS) is 1. The van der Waals surface area contributed by atoms with Gasteiger partial charge < -0.3 is 14.3 Å². The molecular formula is C12H12O4. The molecular weight excluding hydrogens is 208 g/mol. The van der Waals surface area contributed by atoms with Crippen LogP contribution < -0.4 is 4.74 Å². The number of carbonyl (C=O) groups is 1. The number of furan rings is 1. The summed E-state index contributed by atoms with van der Waals surface area (Å²) in [6.45, 7) is 1.62. The Morgan fingerprint density at radius 3 is 2.88 bits per heavy atom. The standard InChI is InChI=1S/C12H12O4/c1-7(12(13)14)9-6-10-8(3-4-16-10)5-11(9)15-2/h3-7H,1-2H3,(H,13,14). The molecule has 1 aromatic heterocycles. The van der Waals surface area contributed by atoms with Gasteiger partial charge in [-0.1, -0.05) is 0 Å². The van der Waals surface area contributed by atoms with Gasteiger partial charge in [-0.05, 0) is 25.1 Å². The zero-order valence-electron chi connectivity index (χ0n) is 9.06. The van der Waals surface area contributed by atoms with Gasteiger partial charge in [-0.15, -0.1) is 0 Å². The molecule has 0 saturated heterocycles. The van der Waals surface area contributed by atoms with E-state index in [0.29, 0.717) is 16.9 Å². The summed E-state index contributed by atoms with van der Waals surface area (Å²) in [5, 5.41) is 9.89. The summed E-state index contributed by atoms with van der Waals surface area (Å²) in [4.78, 5) is 11.0. The molecule has 0 aliphatic heterocycles. The Bertz CT molecular complexity index is 527. The molecule has 1 N–H and O–H groups in total. The molecule has 2 aromatic rings. The summed E-state index contributed by atoms with van der Waals surface area (Å²) in [6, 6.07) is 5.31. The van der Waals surface area contributed by atoms with Gasteiger partial charge in [0.25, 0.3) is 0 Å². The molecule has 1 atom stereocenters. The van der Waals surface area contributed by atoms with Gasteiger partial charge in [-0.3, -0.25) is 4.79 Å². The molecule has 1 aromatic carbocycles. The SMILES string of the molecule is COc1cc2ccoc2cc1C(C)C(=O)O. The number of carboxylic acids is 1. The fourth-order valence-corrected chi connectivity index (χ4v) is 1.65. The van der Waals surface area contributed by atoms with Crippen molar-refractivity contribution in [2.75, 3.05) is 7.11 Å². The van der Waals surface area contributed by atoms with Gasteiger partial charge in [0, 0.05) is 10.9 Å². The van der Waals surface area contributed by atoms with E-state index >= 15 is 0 Å². The highest BCUT2D eigenvalue weighted by molar-refractivity contribution is 5.84. The largest absolute Gasteiger partial charge is 0.496 e. The third kappa shape index (κ3) is 1.62. The van der Waals surface area contributed by atoms with Gasteiger partial charge in [0.05, 0.1) is 19.3 Å². The van der Waals surface area contributed by atoms with Crippen LogP contribution in [0.15, 0.2) is 28.9 Å². The third-order valence-electron chi connectivity index (χ3n) is 2.64. The van der Waals surface area contributed by atoms with Gasteiger partial charge in [-0.2, -0.15) is 0 Å². The summed E-state index contributed by atoms with van der Waals surface area (Å²) in [6.07, 6.45) is 1.57. The lowest BCUT2D eigenvalue weighted by atomic mass is 9.99. The minimum Gasteiger partial charge on any atom is -0.496 e. The number of hydrogen-bond donors (Lipinski definition) is 1. The molecule has 0 fully saturated rings. The van der Waals surface area contributed by atoms with Gasteiger partial charge in [0.2, 0.25) is 0 Å². The quantitative estimate of drug-likeness (QED) is 0.863. The van der Waals surface area contributed by atoms with Gasteiger partial charge >= 0.3 is 5.97 Å². The first kappa shape index (κ1) is 10.5. The van der Waals surface area contributed by atoms with Crippen LogP contribution in [0.5, 0.6) is 5.75 Å². The van der Waals surface area contributed by atoms with Crippen LogP contribution in [-0.2, 0) is 4.79 Å². The van der Waals surface area contributed by atoms with E-state index in [-0.39, 0.29) is 0 Å². The summed E-state index contributed by atoms with van der Waals surface area (Å²) in [5.74, 6) is -0.933. The van der Waals surface area contributed by atoms with E-state index < -0.39 is 11.9 Å². The number of methoxy groups -OCH3 is 1. The van der Waals surface area contributed by atoms with E-state index in [2.05, 4.69) is 0 Å². The topological polar surface area (TPSA) is 59.7 Å². The number of fused-ring (bicyclic) bond motifs is 1. The van der Waals surface area contributed by atoms with Crippen LogP contribution in [0.25, 0.3) is 11.0 Å². The van der Waals surface area contributed by atoms with Crippen LogP contribution in [0.2, 0.25) is 0 Å². The van der Waals surface area contributed by atoms with E-state index in [1.54, 1.807) is 25.3 Å². The summed E-state index contributed by atoms with van der Waals surface area (Å²) in [5.41, 5.74) is 1.29. The monoisotopic (exact) mass is 220 g/mol. The molecule has 0 aliphatic rings. The molecule has 0 bridgehead atoms. The second-order valence-electron chi connectivity index (χ2n) is 3.61. The first-order valence-electron chi connectivity index (χ1n) is 4.91. The van der Waals surface area contributed by atoms with Crippen molar-refractivity contribution in [2.24, 2.45) is 0 Å². The highest BCUT2D eigenvalue weighted by atomic mass is 16.5. The average molecular weight is 220 g/mol. The van der Waals surface area contributed by atoms with Gasteiger partial charge in [-0.25, -0.2) is 0 Å². The van der Waals surface area contributed by atoms with Crippen LogP contribution in [0, 0.1) is 0 Å². The molecule has 1 unspecified atom stereocenters. The fraction of sp³-hybridized carbons (Fsp3) is 0.250. The maximum atomic E-state index is 11.0. The van der Waals surface area contributed by atoms with Crippen molar-refractivity contribution in [3.05, 3.63) is 30.0 Å². The highest BCUT2D eigenvalue weighted by Crippen LogP contribution is 2.31. The maximum Gasteiger partial charge on any atom is 0.310 e. The molecule has 0 radical (unpaired) electrons. The summed E-state index contributed by atoms with van der Waals surface area (Å²) >= 11 is 0. The van der Waals surface area contributed by atoms with Crippen molar-refractivity contribution in [1.82, 2.24) is 0 Å². The zero-order chi connectivity index (χ0) is 11.7. The normalized spacial score (nSPS) is 12.6. The second-order valence-corrected chi connectivity index (χ2v) is 3.61. The molecule has 0 saturated carbocycles. The lowest BCUT2D eigenvalue weighted by Gasteiger charge is -2.11. The Morgan fingerprint density at radius 2 is 2.25 bits per heavy atom. The predicted molar refractivity (Wildman–Crippen MR) is 58.8 cm³/mol. The summed E-state index contributed by atoms with van der Waals surface area (Å²) in [7, 11) is 1.53. The first-order chi connectivity index (χ1) is 7.63. The summed E-state index contributed by atoms with van der Waals surface area (Å²) < 4.78 is 10.4. The maximum absolute atomic E-state index is 11.0. The molecule has 84 valence electrons. The Kier molecular flexibility index (Phi) is 2.56. The average Bonchev–Trinajstić information content (AvgIpc) is 2.72.